The molecule has 1 N–H and O–H groups in total. The van der Waals surface area contributed by atoms with Gasteiger partial charge in [0.15, 0.2) is 5.82 Å². The van der Waals surface area contributed by atoms with Crippen LogP contribution in [0.3, 0.4) is 0 Å². The Bertz CT molecular complexity index is 1470. The molecule has 7 heteroatoms. The summed E-state index contributed by atoms with van der Waals surface area (Å²) in [6.45, 7) is 1.61. The SMILES string of the molecule is O=C(CCN(CCc1ccccc1)c1nc(-c2cccc(Br)c2)nc2ccccc12)NCc1ccco1. The number of furan rings is 1. The standard InChI is InChI=1S/C30H27BrN4O2/c31-24-11-6-10-23(20-24)29-33-27-14-5-4-13-26(27)30(34-29)35(17-15-22-8-2-1-3-9-22)18-16-28(36)32-21-25-12-7-19-37-25/h1-14,19-20H,15-18,21H2,(H,32,36). The Balaban J connectivity index is 1.44. The molecule has 3 aromatic carbocycles. The molecule has 186 valence electrons. The summed E-state index contributed by atoms with van der Waals surface area (Å²) >= 11 is 3.56. The van der Waals surface area contributed by atoms with Crippen molar-refractivity contribution in [2.24, 2.45) is 0 Å². The van der Waals surface area contributed by atoms with Crippen molar-refractivity contribution in [1.82, 2.24) is 15.3 Å². The zero-order chi connectivity index (χ0) is 25.5. The summed E-state index contributed by atoms with van der Waals surface area (Å²) in [4.78, 5) is 24.8. The van der Waals surface area contributed by atoms with Crippen LogP contribution < -0.4 is 10.2 Å². The monoisotopic (exact) mass is 554 g/mol. The van der Waals surface area contributed by atoms with Gasteiger partial charge in [-0.2, -0.15) is 0 Å². The first kappa shape index (κ1) is 24.7. The zero-order valence-electron chi connectivity index (χ0n) is 20.3. The summed E-state index contributed by atoms with van der Waals surface area (Å²) in [6.07, 6.45) is 2.77. The Kier molecular flexibility index (Phi) is 7.91. The summed E-state index contributed by atoms with van der Waals surface area (Å²) in [7, 11) is 0. The third kappa shape index (κ3) is 6.43. The molecule has 0 unspecified atom stereocenters. The lowest BCUT2D eigenvalue weighted by atomic mass is 10.1. The van der Waals surface area contributed by atoms with Gasteiger partial charge in [-0.1, -0.05) is 70.5 Å². The van der Waals surface area contributed by atoms with Gasteiger partial charge in [-0.25, -0.2) is 9.97 Å². The van der Waals surface area contributed by atoms with Gasteiger partial charge in [-0.3, -0.25) is 4.79 Å². The van der Waals surface area contributed by atoms with Crippen LogP contribution in [0.2, 0.25) is 0 Å². The van der Waals surface area contributed by atoms with E-state index >= 15 is 0 Å². The number of carbonyl (C=O) groups is 1. The number of rotatable bonds is 10. The van der Waals surface area contributed by atoms with Crippen LogP contribution in [0.25, 0.3) is 22.3 Å². The highest BCUT2D eigenvalue weighted by Gasteiger charge is 2.17. The van der Waals surface area contributed by atoms with Gasteiger partial charge in [-0.15, -0.1) is 0 Å². The van der Waals surface area contributed by atoms with Gasteiger partial charge < -0.3 is 14.6 Å². The molecule has 0 spiro atoms. The van der Waals surface area contributed by atoms with E-state index in [-0.39, 0.29) is 5.91 Å². The van der Waals surface area contributed by atoms with E-state index in [9.17, 15) is 4.79 Å². The van der Waals surface area contributed by atoms with Crippen molar-refractivity contribution >= 4 is 38.6 Å². The number of amides is 1. The second-order valence-electron chi connectivity index (χ2n) is 8.73. The fraction of sp³-hybridized carbons (Fsp3) is 0.167. The number of anilines is 1. The van der Waals surface area contributed by atoms with Crippen molar-refractivity contribution in [2.75, 3.05) is 18.0 Å². The molecule has 0 aliphatic carbocycles. The van der Waals surface area contributed by atoms with Gasteiger partial charge in [0.25, 0.3) is 0 Å². The number of benzene rings is 3. The molecule has 6 nitrogen and oxygen atoms in total. The van der Waals surface area contributed by atoms with E-state index in [2.05, 4.69) is 38.3 Å². The van der Waals surface area contributed by atoms with Crippen molar-refractivity contribution in [3.05, 3.63) is 113 Å². The third-order valence-electron chi connectivity index (χ3n) is 6.13. The van der Waals surface area contributed by atoms with Crippen LogP contribution in [0.4, 0.5) is 5.82 Å². The number of nitrogens with zero attached hydrogens (tertiary/aromatic N) is 3. The van der Waals surface area contributed by atoms with E-state index in [1.165, 1.54) is 5.56 Å². The maximum absolute atomic E-state index is 12.7. The lowest BCUT2D eigenvalue weighted by Crippen LogP contribution is -2.33. The molecule has 2 aromatic heterocycles. The van der Waals surface area contributed by atoms with Crippen LogP contribution in [0, 0.1) is 0 Å². The number of hydrogen-bond donors (Lipinski definition) is 1. The molecule has 0 saturated carbocycles. The van der Waals surface area contributed by atoms with Crippen molar-refractivity contribution in [3.8, 4) is 11.4 Å². The molecule has 2 heterocycles. The molecule has 0 saturated heterocycles. The fourth-order valence-corrected chi connectivity index (χ4v) is 4.61. The van der Waals surface area contributed by atoms with E-state index < -0.39 is 0 Å². The number of halogens is 1. The second kappa shape index (κ2) is 11.8. The second-order valence-corrected chi connectivity index (χ2v) is 9.64. The Hall–Kier alpha value is -3.97. The van der Waals surface area contributed by atoms with E-state index in [4.69, 9.17) is 14.4 Å². The zero-order valence-corrected chi connectivity index (χ0v) is 21.9. The highest BCUT2D eigenvalue weighted by molar-refractivity contribution is 9.10. The van der Waals surface area contributed by atoms with Crippen LogP contribution in [0.5, 0.6) is 0 Å². The maximum Gasteiger partial charge on any atom is 0.222 e. The predicted octanol–water partition coefficient (Wildman–Crippen LogP) is 6.41. The van der Waals surface area contributed by atoms with Gasteiger partial charge in [-0.05, 0) is 48.4 Å². The summed E-state index contributed by atoms with van der Waals surface area (Å²) in [5.41, 5.74) is 3.04. The molecule has 0 aliphatic heterocycles. The fourth-order valence-electron chi connectivity index (χ4n) is 4.21. The Morgan fingerprint density at radius 1 is 0.892 bits per heavy atom. The predicted molar refractivity (Wildman–Crippen MR) is 150 cm³/mol. The summed E-state index contributed by atoms with van der Waals surface area (Å²) in [6, 6.07) is 30.1. The molecule has 0 atom stereocenters. The number of fused-ring (bicyclic) bond motifs is 1. The molecule has 0 aliphatic rings. The minimum Gasteiger partial charge on any atom is -0.467 e. The van der Waals surface area contributed by atoms with Crippen LogP contribution in [0.15, 0.2) is 106 Å². The van der Waals surface area contributed by atoms with Crippen molar-refractivity contribution in [2.45, 2.75) is 19.4 Å². The number of nitrogens with one attached hydrogen (secondary N) is 1. The first-order valence-electron chi connectivity index (χ1n) is 12.3. The number of carbonyl (C=O) groups excluding carboxylic acids is 1. The molecule has 1 amide bonds. The molecular weight excluding hydrogens is 528 g/mol. The lowest BCUT2D eigenvalue weighted by Gasteiger charge is -2.25. The first-order chi connectivity index (χ1) is 18.2. The van der Waals surface area contributed by atoms with Gasteiger partial charge in [0.1, 0.15) is 11.6 Å². The number of para-hydroxylation sites is 1. The lowest BCUT2D eigenvalue weighted by molar-refractivity contribution is -0.121. The average molecular weight is 555 g/mol. The highest BCUT2D eigenvalue weighted by atomic mass is 79.9. The minimum atomic E-state index is -0.0355. The van der Waals surface area contributed by atoms with E-state index in [0.29, 0.717) is 31.9 Å². The normalized spacial score (nSPS) is 10.9. The molecule has 0 fully saturated rings. The Morgan fingerprint density at radius 3 is 2.54 bits per heavy atom. The number of hydrogen-bond acceptors (Lipinski definition) is 5. The minimum absolute atomic E-state index is 0.0355. The van der Waals surface area contributed by atoms with Gasteiger partial charge >= 0.3 is 0 Å². The quantitative estimate of drug-likeness (QED) is 0.216. The van der Waals surface area contributed by atoms with Gasteiger partial charge in [0, 0.05) is 34.9 Å². The average Bonchev–Trinajstić information content (AvgIpc) is 3.46. The summed E-state index contributed by atoms with van der Waals surface area (Å²) < 4.78 is 6.30. The third-order valence-corrected chi connectivity index (χ3v) is 6.62. The van der Waals surface area contributed by atoms with Crippen molar-refractivity contribution in [1.29, 1.82) is 0 Å². The van der Waals surface area contributed by atoms with Crippen LogP contribution >= 0.6 is 15.9 Å². The van der Waals surface area contributed by atoms with Crippen LogP contribution in [0.1, 0.15) is 17.7 Å². The van der Waals surface area contributed by atoms with E-state index in [1.54, 1.807) is 6.26 Å². The van der Waals surface area contributed by atoms with Gasteiger partial charge in [0.05, 0.1) is 18.3 Å². The Labute approximate surface area is 224 Å². The molecule has 0 bridgehead atoms. The first-order valence-corrected chi connectivity index (χ1v) is 13.1. The molecule has 5 rings (SSSR count). The maximum atomic E-state index is 12.7. The topological polar surface area (TPSA) is 71.3 Å². The van der Waals surface area contributed by atoms with E-state index in [1.807, 2.05) is 78.9 Å². The highest BCUT2D eigenvalue weighted by Crippen LogP contribution is 2.29. The molecule has 37 heavy (non-hydrogen) atoms. The van der Waals surface area contributed by atoms with Crippen LogP contribution in [-0.4, -0.2) is 29.0 Å². The summed E-state index contributed by atoms with van der Waals surface area (Å²) in [5.74, 6) is 2.18. The van der Waals surface area contributed by atoms with Gasteiger partial charge in [0.2, 0.25) is 5.91 Å². The summed E-state index contributed by atoms with van der Waals surface area (Å²) in [5, 5.41) is 3.91. The molecular formula is C30H27BrN4O2. The van der Waals surface area contributed by atoms with Crippen LogP contribution in [-0.2, 0) is 17.8 Å². The Morgan fingerprint density at radius 2 is 1.73 bits per heavy atom. The van der Waals surface area contributed by atoms with E-state index in [0.717, 1.165) is 38.9 Å². The van der Waals surface area contributed by atoms with Crippen molar-refractivity contribution in [3.63, 3.8) is 0 Å². The smallest absolute Gasteiger partial charge is 0.222 e. The molecule has 5 aromatic rings. The largest absolute Gasteiger partial charge is 0.467 e. The molecule has 0 radical (unpaired) electrons. The van der Waals surface area contributed by atoms with Crippen molar-refractivity contribution < 1.29 is 9.21 Å². The number of aromatic nitrogens is 2.